The number of amides is 2. The number of carbonyl (C=O) groups excluding carboxylic acids is 2. The molecule has 2 atom stereocenters. The number of ether oxygens (including phenoxy) is 1. The predicted molar refractivity (Wildman–Crippen MR) is 99.0 cm³/mol. The molecule has 1 fully saturated rings. The molecule has 1 aliphatic heterocycles. The molecule has 2 heterocycles. The van der Waals surface area contributed by atoms with Gasteiger partial charge in [-0.25, -0.2) is 14.2 Å². The van der Waals surface area contributed by atoms with Crippen LogP contribution in [0.15, 0.2) is 12.5 Å². The van der Waals surface area contributed by atoms with Gasteiger partial charge in [0.15, 0.2) is 0 Å². The van der Waals surface area contributed by atoms with Crippen LogP contribution in [0.3, 0.4) is 0 Å². The van der Waals surface area contributed by atoms with Gasteiger partial charge in [0.1, 0.15) is 17.8 Å². The molecule has 8 nitrogen and oxygen atoms in total. The number of rotatable bonds is 6. The topological polar surface area (TPSA) is 90.6 Å². The highest BCUT2D eigenvalue weighted by Crippen LogP contribution is 2.11. The van der Waals surface area contributed by atoms with Crippen LogP contribution in [-0.4, -0.2) is 82.3 Å². The fraction of sp³-hybridized carbons (Fsp3) is 0.722. The van der Waals surface area contributed by atoms with Gasteiger partial charge in [0.05, 0.1) is 6.33 Å². The van der Waals surface area contributed by atoms with Gasteiger partial charge < -0.3 is 19.9 Å². The molecule has 1 aromatic heterocycles. The molecule has 0 aliphatic carbocycles. The summed E-state index contributed by atoms with van der Waals surface area (Å²) >= 11 is 0. The average Bonchev–Trinajstić information content (AvgIpc) is 3.05. The number of hydrogen-bond donors (Lipinski definition) is 2. The van der Waals surface area contributed by atoms with E-state index >= 15 is 0 Å². The molecule has 1 aliphatic rings. The van der Waals surface area contributed by atoms with Crippen LogP contribution in [0, 0.1) is 0 Å². The van der Waals surface area contributed by atoms with E-state index < -0.39 is 23.9 Å². The number of alkyl halides is 1. The number of carbonyl (C=O) groups is 2. The van der Waals surface area contributed by atoms with Gasteiger partial charge in [-0.15, -0.1) is 0 Å². The minimum Gasteiger partial charge on any atom is -0.444 e. The third kappa shape index (κ3) is 7.16. The maximum absolute atomic E-state index is 13.2. The number of halogens is 1. The van der Waals surface area contributed by atoms with Gasteiger partial charge in [-0.05, 0) is 27.7 Å². The predicted octanol–water partition coefficient (Wildman–Crippen LogP) is 1.35. The monoisotopic (exact) mass is 383 g/mol. The minimum atomic E-state index is -0.894. The lowest BCUT2D eigenvalue weighted by Gasteiger charge is -2.36. The molecule has 9 heteroatoms. The number of aromatic nitrogens is 2. The number of piperazine rings is 1. The van der Waals surface area contributed by atoms with Crippen LogP contribution in [0.25, 0.3) is 0 Å². The van der Waals surface area contributed by atoms with E-state index in [9.17, 15) is 14.0 Å². The Morgan fingerprint density at radius 3 is 2.52 bits per heavy atom. The summed E-state index contributed by atoms with van der Waals surface area (Å²) in [6.45, 7) is 9.43. The van der Waals surface area contributed by atoms with Crippen molar-refractivity contribution in [1.82, 2.24) is 25.1 Å². The zero-order valence-electron chi connectivity index (χ0n) is 16.5. The highest BCUT2D eigenvalue weighted by Gasteiger charge is 2.30. The summed E-state index contributed by atoms with van der Waals surface area (Å²) in [4.78, 5) is 35.8. The van der Waals surface area contributed by atoms with E-state index in [0.29, 0.717) is 39.1 Å². The normalized spacial score (nSPS) is 18.0. The summed E-state index contributed by atoms with van der Waals surface area (Å²) < 4.78 is 18.5. The lowest BCUT2D eigenvalue weighted by molar-refractivity contribution is -0.135. The molecule has 2 amide bonds. The second kappa shape index (κ2) is 9.16. The Balaban J connectivity index is 1.99. The number of aromatic amines is 1. The van der Waals surface area contributed by atoms with Crippen molar-refractivity contribution >= 4 is 12.0 Å². The van der Waals surface area contributed by atoms with Crippen molar-refractivity contribution in [2.24, 2.45) is 0 Å². The number of imidazole rings is 1. The van der Waals surface area contributed by atoms with Crippen molar-refractivity contribution in [3.8, 4) is 0 Å². The molecule has 27 heavy (non-hydrogen) atoms. The van der Waals surface area contributed by atoms with E-state index in [2.05, 4.69) is 15.3 Å². The van der Waals surface area contributed by atoms with E-state index in [1.54, 1.807) is 31.9 Å². The summed E-state index contributed by atoms with van der Waals surface area (Å²) in [7, 11) is 0. The standard InChI is InChI=1S/C18H30FN5O3/c1-13(19)11-23-5-7-24(8-6-23)16(25)15(9-14-10-20-12-21-14)22-17(26)27-18(2,3)4/h10,12-13,15H,5-9,11H2,1-4H3,(H,20,21)(H,22,26)/t13?,15-/m0/s1. The van der Waals surface area contributed by atoms with E-state index in [4.69, 9.17) is 4.74 Å². The molecule has 1 saturated heterocycles. The Kier molecular flexibility index (Phi) is 7.18. The minimum absolute atomic E-state index is 0.177. The van der Waals surface area contributed by atoms with Crippen LogP contribution >= 0.6 is 0 Å². The molecule has 0 aromatic carbocycles. The first-order valence-corrected chi connectivity index (χ1v) is 9.26. The molecular weight excluding hydrogens is 353 g/mol. The Hall–Kier alpha value is -2.16. The second-order valence-electron chi connectivity index (χ2n) is 7.89. The van der Waals surface area contributed by atoms with E-state index in [1.165, 1.54) is 13.3 Å². The van der Waals surface area contributed by atoms with Crippen molar-refractivity contribution in [3.63, 3.8) is 0 Å². The first-order valence-electron chi connectivity index (χ1n) is 9.26. The van der Waals surface area contributed by atoms with Gasteiger partial charge >= 0.3 is 6.09 Å². The Morgan fingerprint density at radius 2 is 2.00 bits per heavy atom. The first kappa shape index (κ1) is 21.1. The highest BCUT2D eigenvalue weighted by atomic mass is 19.1. The van der Waals surface area contributed by atoms with E-state index in [-0.39, 0.29) is 5.91 Å². The van der Waals surface area contributed by atoms with E-state index in [1.807, 2.05) is 4.90 Å². The largest absolute Gasteiger partial charge is 0.444 e. The van der Waals surface area contributed by atoms with Crippen molar-refractivity contribution in [3.05, 3.63) is 18.2 Å². The van der Waals surface area contributed by atoms with Gasteiger partial charge in [-0.1, -0.05) is 0 Å². The number of nitrogens with zero attached hydrogens (tertiary/aromatic N) is 3. The van der Waals surface area contributed by atoms with Gasteiger partial charge in [0, 0.05) is 51.0 Å². The van der Waals surface area contributed by atoms with Crippen LogP contribution in [0.2, 0.25) is 0 Å². The van der Waals surface area contributed by atoms with Crippen molar-refractivity contribution in [2.45, 2.75) is 51.9 Å². The van der Waals surface area contributed by atoms with Crippen LogP contribution in [0.5, 0.6) is 0 Å². The average molecular weight is 383 g/mol. The first-order chi connectivity index (χ1) is 12.6. The Morgan fingerprint density at radius 1 is 1.33 bits per heavy atom. The molecule has 0 bridgehead atoms. The van der Waals surface area contributed by atoms with Gasteiger partial charge in [0.25, 0.3) is 0 Å². The number of nitrogens with one attached hydrogen (secondary N) is 2. The van der Waals surface area contributed by atoms with Crippen molar-refractivity contribution in [2.75, 3.05) is 32.7 Å². The van der Waals surface area contributed by atoms with Crippen molar-refractivity contribution < 1.29 is 18.7 Å². The summed E-state index contributed by atoms with van der Waals surface area (Å²) in [5.41, 5.74) is 0.0923. The molecule has 0 radical (unpaired) electrons. The van der Waals surface area contributed by atoms with Crippen LogP contribution in [0.1, 0.15) is 33.4 Å². The van der Waals surface area contributed by atoms with Crippen LogP contribution in [0.4, 0.5) is 9.18 Å². The lowest BCUT2D eigenvalue weighted by atomic mass is 10.1. The molecule has 1 unspecified atom stereocenters. The van der Waals surface area contributed by atoms with Crippen LogP contribution in [-0.2, 0) is 16.0 Å². The maximum Gasteiger partial charge on any atom is 0.408 e. The third-order valence-corrected chi connectivity index (χ3v) is 4.16. The zero-order chi connectivity index (χ0) is 20.0. The quantitative estimate of drug-likeness (QED) is 0.774. The smallest absolute Gasteiger partial charge is 0.408 e. The molecule has 152 valence electrons. The Labute approximate surface area is 159 Å². The van der Waals surface area contributed by atoms with Gasteiger partial charge in [-0.2, -0.15) is 0 Å². The molecule has 2 N–H and O–H groups in total. The lowest BCUT2D eigenvalue weighted by Crippen LogP contribution is -2.56. The molecule has 0 saturated carbocycles. The molecule has 1 aromatic rings. The SMILES string of the molecule is CC(F)CN1CCN(C(=O)[C@H](Cc2cnc[nH]2)NC(=O)OC(C)(C)C)CC1. The number of hydrogen-bond acceptors (Lipinski definition) is 5. The number of alkyl carbamates (subject to hydrolysis) is 1. The summed E-state index contributed by atoms with van der Waals surface area (Å²) in [6.07, 6.45) is 1.91. The third-order valence-electron chi connectivity index (χ3n) is 4.16. The second-order valence-corrected chi connectivity index (χ2v) is 7.89. The van der Waals surface area contributed by atoms with Gasteiger partial charge in [-0.3, -0.25) is 9.69 Å². The highest BCUT2D eigenvalue weighted by molar-refractivity contribution is 5.86. The summed E-state index contributed by atoms with van der Waals surface area (Å²) in [5.74, 6) is -0.177. The van der Waals surface area contributed by atoms with Crippen LogP contribution < -0.4 is 5.32 Å². The molecule has 2 rings (SSSR count). The summed E-state index contributed by atoms with van der Waals surface area (Å²) in [5, 5.41) is 2.68. The van der Waals surface area contributed by atoms with E-state index in [0.717, 1.165) is 5.69 Å². The zero-order valence-corrected chi connectivity index (χ0v) is 16.5. The van der Waals surface area contributed by atoms with Gasteiger partial charge in [0.2, 0.25) is 5.91 Å². The fourth-order valence-electron chi connectivity index (χ4n) is 2.99. The van der Waals surface area contributed by atoms with Crippen molar-refractivity contribution in [1.29, 1.82) is 0 Å². The Bertz CT molecular complexity index is 607. The summed E-state index contributed by atoms with van der Waals surface area (Å²) in [6, 6.07) is -0.757. The molecular formula is C18H30FN5O3. The number of H-pyrrole nitrogens is 1. The maximum atomic E-state index is 13.2. The fourth-order valence-corrected chi connectivity index (χ4v) is 2.99. The molecule has 0 spiro atoms.